The Balaban J connectivity index is 2.22. The summed E-state index contributed by atoms with van der Waals surface area (Å²) in [5.41, 5.74) is 2.44. The maximum atomic E-state index is 10.8. The van der Waals surface area contributed by atoms with Crippen LogP contribution in [0.4, 0.5) is 0 Å². The Morgan fingerprint density at radius 1 is 1.19 bits per heavy atom. The Bertz CT molecular complexity index is 802. The van der Waals surface area contributed by atoms with Crippen LogP contribution >= 0.6 is 23.4 Å². The molecule has 21 heavy (non-hydrogen) atoms. The zero-order valence-electron chi connectivity index (χ0n) is 10.9. The van der Waals surface area contributed by atoms with E-state index >= 15 is 0 Å². The summed E-state index contributed by atoms with van der Waals surface area (Å²) in [7, 11) is 0. The van der Waals surface area contributed by atoms with Crippen LogP contribution in [0, 0.1) is 0 Å². The second-order valence-corrected chi connectivity index (χ2v) is 5.71. The van der Waals surface area contributed by atoms with E-state index in [0.717, 1.165) is 16.7 Å². The number of benzene rings is 2. The summed E-state index contributed by atoms with van der Waals surface area (Å²) in [5.74, 6) is -0.925. The lowest BCUT2D eigenvalue weighted by Crippen LogP contribution is -2.01. The first-order chi connectivity index (χ1) is 10.2. The normalized spacial score (nSPS) is 10.9. The molecule has 0 radical (unpaired) electrons. The van der Waals surface area contributed by atoms with Crippen molar-refractivity contribution >= 4 is 40.4 Å². The molecule has 0 atom stereocenters. The summed E-state index contributed by atoms with van der Waals surface area (Å²) in [6.45, 7) is 0. The minimum Gasteiger partial charge on any atom is -0.481 e. The Labute approximate surface area is 130 Å². The Hall–Kier alpha value is -1.98. The molecule has 106 valence electrons. The number of rotatable bonds is 4. The third-order valence-electron chi connectivity index (χ3n) is 2.94. The topological polar surface area (TPSA) is 55.1 Å². The Morgan fingerprint density at radius 3 is 2.67 bits per heavy atom. The number of nitrogens with zero attached hydrogens (tertiary/aromatic N) is 2. The summed E-state index contributed by atoms with van der Waals surface area (Å²) in [6, 6.07) is 15.1. The number of carbonyl (C=O) groups is 1. The van der Waals surface area contributed by atoms with Crippen LogP contribution in [-0.2, 0) is 4.79 Å². The van der Waals surface area contributed by atoms with E-state index in [0.29, 0.717) is 10.2 Å². The van der Waals surface area contributed by atoms with Gasteiger partial charge in [0.25, 0.3) is 0 Å². The molecule has 1 aromatic heterocycles. The molecule has 0 saturated heterocycles. The van der Waals surface area contributed by atoms with Gasteiger partial charge in [-0.25, -0.2) is 4.98 Å². The van der Waals surface area contributed by atoms with E-state index in [1.165, 1.54) is 11.8 Å². The fourth-order valence-corrected chi connectivity index (χ4v) is 3.10. The number of aliphatic carboxylic acids is 1. The number of hydrogen-bond donors (Lipinski definition) is 1. The smallest absolute Gasteiger partial charge is 0.313 e. The molecule has 0 bridgehead atoms. The van der Waals surface area contributed by atoms with Gasteiger partial charge in [0, 0.05) is 5.69 Å². The first kappa shape index (κ1) is 14.0. The van der Waals surface area contributed by atoms with Crippen molar-refractivity contribution in [3.8, 4) is 5.69 Å². The zero-order valence-corrected chi connectivity index (χ0v) is 12.4. The summed E-state index contributed by atoms with van der Waals surface area (Å²) in [5, 5.41) is 10.1. The molecule has 0 fully saturated rings. The first-order valence-corrected chi connectivity index (χ1v) is 7.60. The van der Waals surface area contributed by atoms with Gasteiger partial charge in [-0.15, -0.1) is 0 Å². The van der Waals surface area contributed by atoms with Gasteiger partial charge in [-0.1, -0.05) is 47.6 Å². The van der Waals surface area contributed by atoms with Crippen molar-refractivity contribution in [3.63, 3.8) is 0 Å². The van der Waals surface area contributed by atoms with Gasteiger partial charge in [0.2, 0.25) is 0 Å². The molecule has 0 aliphatic rings. The van der Waals surface area contributed by atoms with Gasteiger partial charge in [-0.2, -0.15) is 0 Å². The minimum absolute atomic E-state index is 0.0478. The molecular formula is C15H11ClN2O2S. The summed E-state index contributed by atoms with van der Waals surface area (Å²) < 4.78 is 1.89. The average molecular weight is 319 g/mol. The summed E-state index contributed by atoms with van der Waals surface area (Å²) in [4.78, 5) is 15.3. The molecule has 0 amide bonds. The Kier molecular flexibility index (Phi) is 3.86. The van der Waals surface area contributed by atoms with Crippen LogP contribution in [0.1, 0.15) is 0 Å². The molecule has 0 aliphatic carbocycles. The minimum atomic E-state index is -0.877. The van der Waals surface area contributed by atoms with Crippen molar-refractivity contribution in [3.05, 3.63) is 53.6 Å². The highest BCUT2D eigenvalue weighted by atomic mass is 35.5. The standard InChI is InChI=1S/C15H11ClN2O2S/c16-11-7-4-8-12-14(11)18(10-5-2-1-3-6-10)15(17-12)21-9-13(19)20/h1-8H,9H2,(H,19,20). The van der Waals surface area contributed by atoms with Gasteiger partial charge >= 0.3 is 5.97 Å². The number of fused-ring (bicyclic) bond motifs is 1. The van der Waals surface area contributed by atoms with Crippen LogP contribution in [0.5, 0.6) is 0 Å². The fraction of sp³-hybridized carbons (Fsp3) is 0.0667. The van der Waals surface area contributed by atoms with Crippen LogP contribution < -0.4 is 0 Å². The predicted molar refractivity (Wildman–Crippen MR) is 84.4 cm³/mol. The number of carboxylic acid groups (broad SMARTS) is 1. The lowest BCUT2D eigenvalue weighted by atomic mass is 10.3. The largest absolute Gasteiger partial charge is 0.481 e. The lowest BCUT2D eigenvalue weighted by Gasteiger charge is -2.08. The van der Waals surface area contributed by atoms with Gasteiger partial charge in [-0.3, -0.25) is 9.36 Å². The molecule has 0 aliphatic heterocycles. The van der Waals surface area contributed by atoms with Crippen LogP contribution in [0.3, 0.4) is 0 Å². The van der Waals surface area contributed by atoms with E-state index in [9.17, 15) is 4.79 Å². The van der Waals surface area contributed by atoms with Crippen molar-refractivity contribution in [2.45, 2.75) is 5.16 Å². The van der Waals surface area contributed by atoms with Gasteiger partial charge < -0.3 is 5.11 Å². The fourth-order valence-electron chi connectivity index (χ4n) is 2.10. The summed E-state index contributed by atoms with van der Waals surface area (Å²) in [6.07, 6.45) is 0. The Morgan fingerprint density at radius 2 is 1.95 bits per heavy atom. The zero-order chi connectivity index (χ0) is 14.8. The molecule has 3 aromatic rings. The van der Waals surface area contributed by atoms with Gasteiger partial charge in [-0.05, 0) is 24.3 Å². The second kappa shape index (κ2) is 5.79. The van der Waals surface area contributed by atoms with E-state index in [4.69, 9.17) is 16.7 Å². The maximum absolute atomic E-state index is 10.8. The predicted octanol–water partition coefficient (Wildman–Crippen LogP) is 3.86. The molecule has 0 saturated carbocycles. The monoisotopic (exact) mass is 318 g/mol. The number of hydrogen-bond acceptors (Lipinski definition) is 3. The molecule has 0 spiro atoms. The van der Waals surface area contributed by atoms with Crippen molar-refractivity contribution < 1.29 is 9.90 Å². The number of thioether (sulfide) groups is 1. The molecule has 0 unspecified atom stereocenters. The third-order valence-corrected chi connectivity index (χ3v) is 4.16. The lowest BCUT2D eigenvalue weighted by molar-refractivity contribution is -0.133. The van der Waals surface area contributed by atoms with E-state index < -0.39 is 5.97 Å². The van der Waals surface area contributed by atoms with E-state index in [-0.39, 0.29) is 5.75 Å². The van der Waals surface area contributed by atoms with Crippen molar-refractivity contribution in [1.29, 1.82) is 0 Å². The van der Waals surface area contributed by atoms with Crippen LogP contribution in [0.25, 0.3) is 16.7 Å². The molecule has 3 rings (SSSR count). The van der Waals surface area contributed by atoms with E-state index in [2.05, 4.69) is 4.98 Å². The van der Waals surface area contributed by atoms with Gasteiger partial charge in [0.15, 0.2) is 5.16 Å². The number of halogens is 1. The molecular weight excluding hydrogens is 308 g/mol. The van der Waals surface area contributed by atoms with E-state index in [1.54, 1.807) is 6.07 Å². The number of para-hydroxylation sites is 2. The molecule has 4 nitrogen and oxygen atoms in total. The second-order valence-electron chi connectivity index (χ2n) is 4.36. The number of imidazole rings is 1. The summed E-state index contributed by atoms with van der Waals surface area (Å²) >= 11 is 7.48. The third kappa shape index (κ3) is 2.75. The molecule has 1 heterocycles. The number of carboxylic acids is 1. The van der Waals surface area contributed by atoms with Crippen LogP contribution in [-0.4, -0.2) is 26.4 Å². The van der Waals surface area contributed by atoms with Crippen molar-refractivity contribution in [1.82, 2.24) is 9.55 Å². The van der Waals surface area contributed by atoms with Crippen LogP contribution in [0.2, 0.25) is 5.02 Å². The van der Waals surface area contributed by atoms with Gasteiger partial charge in [0.1, 0.15) is 0 Å². The van der Waals surface area contributed by atoms with Gasteiger partial charge in [0.05, 0.1) is 21.8 Å². The van der Waals surface area contributed by atoms with E-state index in [1.807, 2.05) is 47.0 Å². The average Bonchev–Trinajstić information content (AvgIpc) is 2.86. The maximum Gasteiger partial charge on any atom is 0.313 e. The molecule has 6 heteroatoms. The quantitative estimate of drug-likeness (QED) is 0.742. The number of aromatic nitrogens is 2. The van der Waals surface area contributed by atoms with Crippen molar-refractivity contribution in [2.24, 2.45) is 0 Å². The first-order valence-electron chi connectivity index (χ1n) is 6.24. The van der Waals surface area contributed by atoms with Crippen LogP contribution in [0.15, 0.2) is 53.7 Å². The SMILES string of the molecule is O=C(O)CSc1nc2cccc(Cl)c2n1-c1ccccc1. The highest BCUT2D eigenvalue weighted by Crippen LogP contribution is 2.31. The highest BCUT2D eigenvalue weighted by Gasteiger charge is 2.16. The molecule has 1 N–H and O–H groups in total. The highest BCUT2D eigenvalue weighted by molar-refractivity contribution is 7.99. The van der Waals surface area contributed by atoms with Crippen molar-refractivity contribution in [2.75, 3.05) is 5.75 Å². The molecule has 2 aromatic carbocycles.